The molecule has 0 aromatic rings. The van der Waals surface area contributed by atoms with Crippen LogP contribution < -0.4 is 5.32 Å². The quantitative estimate of drug-likeness (QED) is 0.326. The Morgan fingerprint density at radius 1 is 1.00 bits per heavy atom. The van der Waals surface area contributed by atoms with Crippen molar-refractivity contribution in [1.82, 2.24) is 5.32 Å². The number of fused-ring (bicyclic) bond motifs is 7. The fraction of sp³-hybridized carbons (Fsp3) is 0.939. The summed E-state index contributed by atoms with van der Waals surface area (Å²) in [6.45, 7) is 10.5. The summed E-state index contributed by atoms with van der Waals surface area (Å²) in [7, 11) is 0. The molecule has 3 aliphatic heterocycles. The van der Waals surface area contributed by atoms with E-state index >= 15 is 0 Å². The number of allylic oxidation sites excluding steroid dienone is 1. The van der Waals surface area contributed by atoms with E-state index in [2.05, 4.69) is 39.1 Å². The van der Waals surface area contributed by atoms with E-state index in [0.29, 0.717) is 41.1 Å². The Balaban J connectivity index is 1.05. The topological polar surface area (TPSA) is 121 Å². The zero-order valence-corrected chi connectivity index (χ0v) is 25.4. The van der Waals surface area contributed by atoms with Crippen LogP contribution in [0.2, 0.25) is 0 Å². The molecule has 8 nitrogen and oxygen atoms in total. The first-order valence-corrected chi connectivity index (χ1v) is 16.6. The first-order valence-electron chi connectivity index (χ1n) is 16.6. The van der Waals surface area contributed by atoms with E-state index in [1.807, 2.05) is 0 Å². The number of aliphatic hydroxyl groups is 4. The van der Waals surface area contributed by atoms with Crippen LogP contribution in [0.3, 0.4) is 0 Å². The second-order valence-corrected chi connectivity index (χ2v) is 15.6. The predicted octanol–water partition coefficient (Wildman–Crippen LogP) is 3.11. The van der Waals surface area contributed by atoms with Crippen molar-refractivity contribution in [3.05, 3.63) is 11.6 Å². The second-order valence-electron chi connectivity index (χ2n) is 15.6. The summed E-state index contributed by atoms with van der Waals surface area (Å²) in [6, 6.07) is 0. The van der Waals surface area contributed by atoms with Crippen LogP contribution in [0.25, 0.3) is 0 Å². The molecular formula is C33H53NO7. The van der Waals surface area contributed by atoms with E-state index in [9.17, 15) is 20.4 Å². The number of hydrogen-bond acceptors (Lipinski definition) is 8. The van der Waals surface area contributed by atoms with Crippen LogP contribution in [-0.4, -0.2) is 82.2 Å². The maximum atomic E-state index is 10.5. The first-order chi connectivity index (χ1) is 19.5. The minimum atomic E-state index is -1.41. The molecule has 3 saturated carbocycles. The fourth-order valence-corrected chi connectivity index (χ4v) is 11.3. The summed E-state index contributed by atoms with van der Waals surface area (Å²) in [5, 5.41) is 44.3. The van der Waals surface area contributed by atoms with Gasteiger partial charge in [-0.25, -0.2) is 0 Å². The first kappa shape index (κ1) is 29.1. The zero-order chi connectivity index (χ0) is 28.9. The molecule has 7 aliphatic rings. The third-order valence-electron chi connectivity index (χ3n) is 13.7. The smallest absolute Gasteiger partial charge is 0.186 e. The Labute approximate surface area is 245 Å². The van der Waals surface area contributed by atoms with E-state index in [4.69, 9.17) is 14.2 Å². The van der Waals surface area contributed by atoms with E-state index in [0.717, 1.165) is 44.6 Å². The molecular weight excluding hydrogens is 522 g/mol. The Bertz CT molecular complexity index is 1030. The molecule has 16 atom stereocenters. The van der Waals surface area contributed by atoms with Gasteiger partial charge < -0.3 is 34.6 Å². The van der Waals surface area contributed by atoms with Crippen molar-refractivity contribution in [1.29, 1.82) is 0 Å². The Hall–Kier alpha value is -0.580. The van der Waals surface area contributed by atoms with Crippen molar-refractivity contribution in [2.24, 2.45) is 46.3 Å². The average Bonchev–Trinajstić information content (AvgIpc) is 3.40. The van der Waals surface area contributed by atoms with Crippen LogP contribution in [0.15, 0.2) is 11.6 Å². The zero-order valence-electron chi connectivity index (χ0n) is 25.4. The molecule has 5 N–H and O–H groups in total. The van der Waals surface area contributed by atoms with Crippen molar-refractivity contribution in [3.8, 4) is 0 Å². The highest BCUT2D eigenvalue weighted by molar-refractivity contribution is 5.26. The van der Waals surface area contributed by atoms with Crippen molar-refractivity contribution in [2.75, 3.05) is 13.2 Å². The third-order valence-corrected chi connectivity index (χ3v) is 13.7. The molecule has 3 heterocycles. The van der Waals surface area contributed by atoms with E-state index in [1.54, 1.807) is 0 Å². The van der Waals surface area contributed by atoms with Crippen molar-refractivity contribution >= 4 is 0 Å². The van der Waals surface area contributed by atoms with Gasteiger partial charge >= 0.3 is 0 Å². The van der Waals surface area contributed by atoms with Crippen LogP contribution in [0.1, 0.15) is 85.5 Å². The predicted molar refractivity (Wildman–Crippen MR) is 152 cm³/mol. The molecule has 0 radical (unpaired) electrons. The minimum Gasteiger partial charge on any atom is -0.394 e. The number of rotatable bonds is 3. The largest absolute Gasteiger partial charge is 0.394 e. The fourth-order valence-electron chi connectivity index (χ4n) is 11.3. The van der Waals surface area contributed by atoms with Gasteiger partial charge in [0.05, 0.1) is 18.8 Å². The van der Waals surface area contributed by atoms with Crippen LogP contribution in [0.5, 0.6) is 0 Å². The maximum absolute atomic E-state index is 10.5. The van der Waals surface area contributed by atoms with Gasteiger partial charge in [-0.05, 0) is 98.2 Å². The summed E-state index contributed by atoms with van der Waals surface area (Å²) in [5.74, 6) is 3.99. The van der Waals surface area contributed by atoms with Crippen molar-refractivity contribution in [2.45, 2.75) is 134 Å². The Kier molecular flexibility index (Phi) is 7.27. The molecule has 232 valence electrons. The standard InChI is InChI=1S/C33H53NO7/c1-17-7-12-33(34-15-17)18(2)26-24(41-33)14-23-21-6-5-19-13-20(8-10-31(19,3)22(21)9-11-32(23,26)4)39-30-29(38)28(37)27(36)25(16-35)40-30/h5,17-18,20-30,34-38H,6-16H2,1-4H3/t17-,18-,20-,21+,22-,23-,24-,25+,26-,27-,28-,29+,30+,31-,32-,33-/m0/s1. The van der Waals surface area contributed by atoms with Gasteiger partial charge in [0, 0.05) is 12.5 Å². The van der Waals surface area contributed by atoms with Gasteiger partial charge in [-0.2, -0.15) is 0 Å². The SMILES string of the molecule is C[C@H]1CC[C@]2(NC1)O[C@H]1C[C@H]3[C@@H]4CC=C5C[C@@H](O[C@@H]6O[C@H](CO)[C@H](O)[C@H](O)[C@H]6O)CC[C@]5(C)[C@H]4CC[C@]3(C)[C@H]1[C@@H]2C. The average molecular weight is 576 g/mol. The number of piperidine rings is 1. The molecule has 0 aromatic heterocycles. The van der Waals surface area contributed by atoms with Gasteiger partial charge in [-0.3, -0.25) is 5.32 Å². The van der Waals surface area contributed by atoms with Crippen molar-refractivity contribution < 1.29 is 34.6 Å². The molecule has 0 amide bonds. The number of ether oxygens (including phenoxy) is 3. The minimum absolute atomic E-state index is 0.113. The number of hydrogen-bond donors (Lipinski definition) is 5. The molecule has 7 rings (SSSR count). The van der Waals surface area contributed by atoms with Gasteiger partial charge in [-0.1, -0.05) is 39.3 Å². The van der Waals surface area contributed by atoms with E-state index in [1.165, 1.54) is 31.3 Å². The van der Waals surface area contributed by atoms with E-state index in [-0.39, 0.29) is 17.2 Å². The lowest BCUT2D eigenvalue weighted by Gasteiger charge is -2.59. The lowest BCUT2D eigenvalue weighted by atomic mass is 9.47. The van der Waals surface area contributed by atoms with Crippen LogP contribution >= 0.6 is 0 Å². The normalized spacial score (nSPS) is 58.3. The monoisotopic (exact) mass is 575 g/mol. The lowest BCUT2D eigenvalue weighted by molar-refractivity contribution is -0.313. The Morgan fingerprint density at radius 3 is 2.54 bits per heavy atom. The van der Waals surface area contributed by atoms with Gasteiger partial charge in [0.1, 0.15) is 30.1 Å². The summed E-state index contributed by atoms with van der Waals surface area (Å²) in [5.41, 5.74) is 1.86. The molecule has 6 fully saturated rings. The molecule has 0 unspecified atom stereocenters. The molecule has 0 bridgehead atoms. The van der Waals surface area contributed by atoms with Crippen LogP contribution in [0, 0.1) is 46.3 Å². The van der Waals surface area contributed by atoms with Crippen molar-refractivity contribution in [3.63, 3.8) is 0 Å². The summed E-state index contributed by atoms with van der Waals surface area (Å²) in [6.07, 6.45) is 6.64. The molecule has 8 heteroatoms. The van der Waals surface area contributed by atoms with Crippen LogP contribution in [-0.2, 0) is 14.2 Å². The molecule has 1 spiro atoms. The highest BCUT2D eigenvalue weighted by Crippen LogP contribution is 2.70. The van der Waals surface area contributed by atoms with Gasteiger partial charge in [0.25, 0.3) is 0 Å². The number of nitrogens with one attached hydrogen (secondary N) is 1. The van der Waals surface area contributed by atoms with E-state index < -0.39 is 37.3 Å². The third kappa shape index (κ3) is 4.29. The maximum Gasteiger partial charge on any atom is 0.186 e. The lowest BCUT2D eigenvalue weighted by Crippen LogP contribution is -2.60. The Morgan fingerprint density at radius 2 is 1.80 bits per heavy atom. The van der Waals surface area contributed by atoms with Gasteiger partial charge in [-0.15, -0.1) is 0 Å². The second kappa shape index (κ2) is 10.2. The van der Waals surface area contributed by atoms with Crippen LogP contribution in [0.4, 0.5) is 0 Å². The number of aliphatic hydroxyl groups excluding tert-OH is 4. The molecule has 41 heavy (non-hydrogen) atoms. The summed E-state index contributed by atoms with van der Waals surface area (Å²) < 4.78 is 18.9. The highest BCUT2D eigenvalue weighted by Gasteiger charge is 2.68. The molecule has 4 aliphatic carbocycles. The highest BCUT2D eigenvalue weighted by atomic mass is 16.7. The van der Waals surface area contributed by atoms with Gasteiger partial charge in [0.15, 0.2) is 6.29 Å². The van der Waals surface area contributed by atoms with Gasteiger partial charge in [0.2, 0.25) is 0 Å². The molecule has 3 saturated heterocycles. The summed E-state index contributed by atoms with van der Waals surface area (Å²) >= 11 is 0. The molecule has 0 aromatic carbocycles. The summed E-state index contributed by atoms with van der Waals surface area (Å²) in [4.78, 5) is 0.